The summed E-state index contributed by atoms with van der Waals surface area (Å²) in [5, 5.41) is 12.1. The van der Waals surface area contributed by atoms with Crippen LogP contribution in [0.25, 0.3) is 0 Å². The smallest absolute Gasteiger partial charge is 0.326 e. The fraction of sp³-hybridized carbons (Fsp3) is 0.385. The van der Waals surface area contributed by atoms with Crippen LogP contribution in [0.15, 0.2) is 22.7 Å². The summed E-state index contributed by atoms with van der Waals surface area (Å²) in [6, 6.07) is 3.85. The van der Waals surface area contributed by atoms with Crippen LogP contribution in [0.2, 0.25) is 5.02 Å². The number of nitrogens with one attached hydrogen (secondary N) is 1. The van der Waals surface area contributed by atoms with E-state index in [0.29, 0.717) is 21.5 Å². The summed E-state index contributed by atoms with van der Waals surface area (Å²) in [5.41, 5.74) is 0.374. The fourth-order valence-corrected chi connectivity index (χ4v) is 2.04. The maximum Gasteiger partial charge on any atom is 0.326 e. The van der Waals surface area contributed by atoms with Gasteiger partial charge in [0.05, 0.1) is 5.02 Å². The maximum atomic E-state index is 11.9. The zero-order valence-electron chi connectivity index (χ0n) is 10.5. The number of benzene rings is 1. The standard InChI is InChI=1S/C13H15BrClNO3/c1-2-3-4-11(13(18)19)16-12(17)8-5-6-10(15)9(14)7-8/h5-7,11H,2-4H2,1H3,(H,16,17)(H,18,19)/t11-/m0/s1. The number of amides is 1. The van der Waals surface area contributed by atoms with Crippen LogP contribution in [-0.4, -0.2) is 23.0 Å². The second kappa shape index (κ2) is 7.50. The first-order chi connectivity index (χ1) is 8.95. The average molecular weight is 349 g/mol. The molecular weight excluding hydrogens is 334 g/mol. The SMILES string of the molecule is CCCC[C@H](NC(=O)c1ccc(Cl)c(Br)c1)C(=O)O. The van der Waals surface area contributed by atoms with E-state index in [4.69, 9.17) is 16.7 Å². The molecule has 0 radical (unpaired) electrons. The van der Waals surface area contributed by atoms with Crippen molar-refractivity contribution >= 4 is 39.4 Å². The number of carboxylic acid groups (broad SMARTS) is 1. The molecule has 0 aromatic heterocycles. The number of rotatable bonds is 6. The highest BCUT2D eigenvalue weighted by Crippen LogP contribution is 2.23. The molecule has 1 atom stereocenters. The minimum Gasteiger partial charge on any atom is -0.480 e. The molecule has 104 valence electrons. The molecule has 1 aromatic carbocycles. The molecule has 2 N–H and O–H groups in total. The second-order valence-electron chi connectivity index (χ2n) is 4.14. The minimum absolute atomic E-state index is 0.374. The monoisotopic (exact) mass is 347 g/mol. The number of carboxylic acids is 1. The van der Waals surface area contributed by atoms with E-state index < -0.39 is 17.9 Å². The molecule has 6 heteroatoms. The largest absolute Gasteiger partial charge is 0.480 e. The van der Waals surface area contributed by atoms with Crippen LogP contribution < -0.4 is 5.32 Å². The van der Waals surface area contributed by atoms with Crippen LogP contribution in [0, 0.1) is 0 Å². The van der Waals surface area contributed by atoms with E-state index in [9.17, 15) is 9.59 Å². The molecule has 0 heterocycles. The third-order valence-electron chi connectivity index (χ3n) is 2.63. The molecule has 0 aliphatic heterocycles. The molecule has 19 heavy (non-hydrogen) atoms. The van der Waals surface area contributed by atoms with Gasteiger partial charge in [0.15, 0.2) is 0 Å². The van der Waals surface area contributed by atoms with Gasteiger partial charge in [0, 0.05) is 10.0 Å². The maximum absolute atomic E-state index is 11.9. The average Bonchev–Trinajstić information content (AvgIpc) is 2.37. The molecule has 1 aromatic rings. The van der Waals surface area contributed by atoms with Crippen molar-refractivity contribution in [3.63, 3.8) is 0 Å². The third-order valence-corrected chi connectivity index (χ3v) is 3.85. The van der Waals surface area contributed by atoms with Gasteiger partial charge in [0.1, 0.15) is 6.04 Å². The highest BCUT2D eigenvalue weighted by Gasteiger charge is 2.20. The fourth-order valence-electron chi connectivity index (χ4n) is 1.54. The lowest BCUT2D eigenvalue weighted by atomic mass is 10.1. The number of halogens is 2. The lowest BCUT2D eigenvalue weighted by Crippen LogP contribution is -2.40. The summed E-state index contributed by atoms with van der Waals surface area (Å²) in [6.45, 7) is 1.97. The van der Waals surface area contributed by atoms with E-state index in [2.05, 4.69) is 21.2 Å². The summed E-state index contributed by atoms with van der Waals surface area (Å²) in [6.07, 6.45) is 2.06. The zero-order valence-corrected chi connectivity index (χ0v) is 12.8. The van der Waals surface area contributed by atoms with Crippen molar-refractivity contribution in [3.8, 4) is 0 Å². The van der Waals surface area contributed by atoms with Crippen molar-refractivity contribution in [2.75, 3.05) is 0 Å². The summed E-state index contributed by atoms with van der Waals surface area (Å²) in [7, 11) is 0. The lowest BCUT2D eigenvalue weighted by molar-refractivity contribution is -0.139. The highest BCUT2D eigenvalue weighted by atomic mass is 79.9. The predicted octanol–water partition coefficient (Wildman–Crippen LogP) is 3.48. The topological polar surface area (TPSA) is 66.4 Å². The molecule has 0 aliphatic carbocycles. The van der Waals surface area contributed by atoms with Crippen molar-refractivity contribution in [1.82, 2.24) is 5.32 Å². The van der Waals surface area contributed by atoms with Crippen LogP contribution in [0.1, 0.15) is 36.5 Å². The lowest BCUT2D eigenvalue weighted by Gasteiger charge is -2.14. The number of carbonyl (C=O) groups is 2. The first kappa shape index (κ1) is 16.0. The van der Waals surface area contributed by atoms with Gasteiger partial charge in [-0.25, -0.2) is 4.79 Å². The molecule has 0 aliphatic rings. The van der Waals surface area contributed by atoms with Crippen molar-refractivity contribution in [1.29, 1.82) is 0 Å². The summed E-state index contributed by atoms with van der Waals surface area (Å²) < 4.78 is 0.599. The molecular formula is C13H15BrClNO3. The van der Waals surface area contributed by atoms with Crippen molar-refractivity contribution in [3.05, 3.63) is 33.3 Å². The predicted molar refractivity (Wildman–Crippen MR) is 77.6 cm³/mol. The Morgan fingerprint density at radius 2 is 2.16 bits per heavy atom. The van der Waals surface area contributed by atoms with Gasteiger partial charge in [0.25, 0.3) is 5.91 Å². The summed E-state index contributed by atoms with van der Waals surface area (Å²) in [4.78, 5) is 23.0. The van der Waals surface area contributed by atoms with Crippen LogP contribution >= 0.6 is 27.5 Å². The molecule has 0 bridgehead atoms. The van der Waals surface area contributed by atoms with Crippen molar-refractivity contribution < 1.29 is 14.7 Å². The van der Waals surface area contributed by atoms with Crippen LogP contribution in [0.5, 0.6) is 0 Å². The van der Waals surface area contributed by atoms with E-state index in [0.717, 1.165) is 12.8 Å². The van der Waals surface area contributed by atoms with E-state index >= 15 is 0 Å². The van der Waals surface area contributed by atoms with Gasteiger partial charge in [0.2, 0.25) is 0 Å². The minimum atomic E-state index is -1.02. The summed E-state index contributed by atoms with van der Waals surface area (Å²) >= 11 is 9.06. The van der Waals surface area contributed by atoms with Crippen LogP contribution in [0.4, 0.5) is 0 Å². The molecule has 0 spiro atoms. The van der Waals surface area contributed by atoms with Crippen molar-refractivity contribution in [2.45, 2.75) is 32.2 Å². The van der Waals surface area contributed by atoms with Gasteiger partial charge < -0.3 is 10.4 Å². The number of hydrogen-bond acceptors (Lipinski definition) is 2. The van der Waals surface area contributed by atoms with Gasteiger partial charge >= 0.3 is 5.97 Å². The Morgan fingerprint density at radius 1 is 1.47 bits per heavy atom. The van der Waals surface area contributed by atoms with Gasteiger partial charge in [-0.15, -0.1) is 0 Å². The Balaban J connectivity index is 2.75. The van der Waals surface area contributed by atoms with Crippen LogP contribution in [0.3, 0.4) is 0 Å². The molecule has 0 saturated heterocycles. The quantitative estimate of drug-likeness (QED) is 0.827. The summed E-state index contributed by atoms with van der Waals surface area (Å²) in [5.74, 6) is -1.43. The van der Waals surface area contributed by atoms with Gasteiger partial charge in [-0.3, -0.25) is 4.79 Å². The molecule has 0 saturated carbocycles. The Morgan fingerprint density at radius 3 is 2.68 bits per heavy atom. The number of unbranched alkanes of at least 4 members (excludes halogenated alkanes) is 1. The highest BCUT2D eigenvalue weighted by molar-refractivity contribution is 9.10. The molecule has 1 amide bonds. The van der Waals surface area contributed by atoms with Gasteiger partial charge in [-0.05, 0) is 40.5 Å². The van der Waals surface area contributed by atoms with E-state index in [-0.39, 0.29) is 0 Å². The number of aliphatic carboxylic acids is 1. The van der Waals surface area contributed by atoms with E-state index in [1.165, 1.54) is 0 Å². The van der Waals surface area contributed by atoms with E-state index in [1.54, 1.807) is 18.2 Å². The first-order valence-corrected chi connectivity index (χ1v) is 7.11. The normalized spacial score (nSPS) is 11.9. The van der Waals surface area contributed by atoms with Crippen LogP contribution in [-0.2, 0) is 4.79 Å². The first-order valence-electron chi connectivity index (χ1n) is 5.94. The molecule has 1 rings (SSSR count). The number of carbonyl (C=O) groups excluding carboxylic acids is 1. The molecule has 0 fully saturated rings. The Kier molecular flexibility index (Phi) is 6.31. The zero-order chi connectivity index (χ0) is 14.4. The molecule has 4 nitrogen and oxygen atoms in total. The Labute approximate surface area is 125 Å². The Bertz CT molecular complexity index is 479. The third kappa shape index (κ3) is 4.84. The second-order valence-corrected chi connectivity index (χ2v) is 5.40. The number of hydrogen-bond donors (Lipinski definition) is 2. The van der Waals surface area contributed by atoms with Gasteiger partial charge in [-0.2, -0.15) is 0 Å². The van der Waals surface area contributed by atoms with Crippen molar-refractivity contribution in [2.24, 2.45) is 0 Å². The van der Waals surface area contributed by atoms with Gasteiger partial charge in [-0.1, -0.05) is 31.4 Å². The molecule has 0 unspecified atom stereocenters. The Hall–Kier alpha value is -1.07. The van der Waals surface area contributed by atoms with E-state index in [1.807, 2.05) is 6.92 Å².